The number of carbonyl (C=O) groups is 1. The van der Waals surface area contributed by atoms with Gasteiger partial charge >= 0.3 is 5.97 Å². The van der Waals surface area contributed by atoms with Gasteiger partial charge in [0, 0.05) is 5.69 Å². The molecule has 3 heteroatoms. The zero-order valence-electron chi connectivity index (χ0n) is 9.75. The highest BCUT2D eigenvalue weighted by Crippen LogP contribution is 2.25. The number of rotatable bonds is 2. The minimum Gasteiger partial charge on any atom is -0.459 e. The first-order valence-corrected chi connectivity index (χ1v) is 5.65. The topological polar surface area (TPSA) is 52.3 Å². The number of ether oxygens (including phenoxy) is 1. The van der Waals surface area contributed by atoms with Crippen molar-refractivity contribution in [2.75, 3.05) is 5.73 Å². The Balaban J connectivity index is 2.18. The van der Waals surface area contributed by atoms with Crippen molar-refractivity contribution in [3.63, 3.8) is 0 Å². The van der Waals surface area contributed by atoms with Gasteiger partial charge in [0.1, 0.15) is 6.10 Å². The second-order valence-electron chi connectivity index (χ2n) is 4.48. The van der Waals surface area contributed by atoms with Crippen LogP contribution in [0, 0.1) is 13.8 Å². The average Bonchev–Trinajstić information content (AvgIpc) is 2.17. The van der Waals surface area contributed by atoms with Crippen molar-refractivity contribution in [2.24, 2.45) is 0 Å². The molecule has 0 radical (unpaired) electrons. The van der Waals surface area contributed by atoms with Crippen LogP contribution >= 0.6 is 0 Å². The summed E-state index contributed by atoms with van der Waals surface area (Å²) in [6, 6.07) is 3.64. The molecule has 0 heterocycles. The Morgan fingerprint density at radius 3 is 2.56 bits per heavy atom. The van der Waals surface area contributed by atoms with Crippen molar-refractivity contribution in [1.29, 1.82) is 0 Å². The van der Waals surface area contributed by atoms with Crippen LogP contribution in [0.3, 0.4) is 0 Å². The van der Waals surface area contributed by atoms with Crippen molar-refractivity contribution < 1.29 is 9.53 Å². The lowest BCUT2D eigenvalue weighted by Crippen LogP contribution is -2.25. The van der Waals surface area contributed by atoms with Gasteiger partial charge < -0.3 is 10.5 Å². The zero-order chi connectivity index (χ0) is 11.7. The van der Waals surface area contributed by atoms with Gasteiger partial charge in [-0.25, -0.2) is 4.79 Å². The SMILES string of the molecule is Cc1cc(C)c(C(=O)OC2CCC2)cc1N. The van der Waals surface area contributed by atoms with Crippen LogP contribution in [-0.4, -0.2) is 12.1 Å². The number of carbonyl (C=O) groups excluding carboxylic acids is 1. The molecule has 3 nitrogen and oxygen atoms in total. The summed E-state index contributed by atoms with van der Waals surface area (Å²) in [5.74, 6) is -0.242. The second kappa shape index (κ2) is 4.16. The summed E-state index contributed by atoms with van der Waals surface area (Å²) in [7, 11) is 0. The van der Waals surface area contributed by atoms with Gasteiger partial charge in [-0.2, -0.15) is 0 Å². The second-order valence-corrected chi connectivity index (χ2v) is 4.48. The summed E-state index contributed by atoms with van der Waals surface area (Å²) in [6.07, 6.45) is 3.26. The third kappa shape index (κ3) is 2.03. The fraction of sp³-hybridized carbons (Fsp3) is 0.462. The van der Waals surface area contributed by atoms with Gasteiger partial charge in [0.05, 0.1) is 5.56 Å². The first kappa shape index (κ1) is 11.0. The molecule has 1 aliphatic rings. The van der Waals surface area contributed by atoms with Crippen LogP contribution in [0.2, 0.25) is 0 Å². The molecule has 1 aliphatic carbocycles. The van der Waals surface area contributed by atoms with Gasteiger partial charge in [-0.3, -0.25) is 0 Å². The highest BCUT2D eigenvalue weighted by molar-refractivity contribution is 5.92. The van der Waals surface area contributed by atoms with Gasteiger partial charge in [0.2, 0.25) is 0 Å². The Hall–Kier alpha value is -1.51. The lowest BCUT2D eigenvalue weighted by molar-refractivity contribution is 0.00894. The minimum absolute atomic E-state index is 0.120. The first-order valence-electron chi connectivity index (χ1n) is 5.65. The summed E-state index contributed by atoms with van der Waals surface area (Å²) >= 11 is 0. The predicted octanol–water partition coefficient (Wildman–Crippen LogP) is 2.59. The number of nitrogen functional groups attached to an aromatic ring is 1. The Morgan fingerprint density at radius 1 is 1.31 bits per heavy atom. The maximum absolute atomic E-state index is 11.9. The Bertz CT molecular complexity index is 422. The quantitative estimate of drug-likeness (QED) is 0.614. The number of hydrogen-bond donors (Lipinski definition) is 1. The Morgan fingerprint density at radius 2 is 2.00 bits per heavy atom. The molecule has 0 atom stereocenters. The average molecular weight is 219 g/mol. The van der Waals surface area contributed by atoms with Crippen LogP contribution in [0.25, 0.3) is 0 Å². The third-order valence-corrected chi connectivity index (χ3v) is 3.16. The number of esters is 1. The number of anilines is 1. The molecule has 1 fully saturated rings. The van der Waals surface area contributed by atoms with Gasteiger partial charge in [0.25, 0.3) is 0 Å². The van der Waals surface area contributed by atoms with Crippen molar-refractivity contribution >= 4 is 11.7 Å². The fourth-order valence-electron chi connectivity index (χ4n) is 1.79. The van der Waals surface area contributed by atoms with E-state index in [0.29, 0.717) is 11.3 Å². The van der Waals surface area contributed by atoms with Crippen molar-refractivity contribution in [3.8, 4) is 0 Å². The van der Waals surface area contributed by atoms with Crippen molar-refractivity contribution in [2.45, 2.75) is 39.2 Å². The van der Waals surface area contributed by atoms with Crippen LogP contribution in [0.5, 0.6) is 0 Å². The summed E-state index contributed by atoms with van der Waals surface area (Å²) in [6.45, 7) is 3.84. The smallest absolute Gasteiger partial charge is 0.338 e. The number of hydrogen-bond acceptors (Lipinski definition) is 3. The molecule has 0 bridgehead atoms. The minimum atomic E-state index is -0.242. The maximum Gasteiger partial charge on any atom is 0.338 e. The van der Waals surface area contributed by atoms with Crippen LogP contribution in [-0.2, 0) is 4.74 Å². The van der Waals surface area contributed by atoms with Gasteiger partial charge in [-0.05, 0) is 50.3 Å². The van der Waals surface area contributed by atoms with E-state index < -0.39 is 0 Å². The predicted molar refractivity (Wildman–Crippen MR) is 63.4 cm³/mol. The molecule has 86 valence electrons. The molecule has 0 saturated heterocycles. The Labute approximate surface area is 95.6 Å². The molecule has 0 spiro atoms. The van der Waals surface area contributed by atoms with Crippen molar-refractivity contribution in [1.82, 2.24) is 0 Å². The fourth-order valence-corrected chi connectivity index (χ4v) is 1.79. The van der Waals surface area contributed by atoms with E-state index in [0.717, 1.165) is 30.4 Å². The number of nitrogens with two attached hydrogens (primary N) is 1. The maximum atomic E-state index is 11.9. The molecule has 1 aromatic rings. The molecule has 0 unspecified atom stereocenters. The molecule has 0 aliphatic heterocycles. The highest BCUT2D eigenvalue weighted by Gasteiger charge is 2.23. The zero-order valence-corrected chi connectivity index (χ0v) is 9.75. The molecule has 1 aromatic carbocycles. The number of aryl methyl sites for hydroxylation is 2. The lowest BCUT2D eigenvalue weighted by atomic mass is 9.96. The lowest BCUT2D eigenvalue weighted by Gasteiger charge is -2.25. The molecule has 0 amide bonds. The summed E-state index contributed by atoms with van der Waals surface area (Å²) in [5, 5.41) is 0. The van der Waals surface area contributed by atoms with Crippen LogP contribution in [0.15, 0.2) is 12.1 Å². The van der Waals surface area contributed by atoms with E-state index in [4.69, 9.17) is 10.5 Å². The van der Waals surface area contributed by atoms with Crippen LogP contribution in [0.4, 0.5) is 5.69 Å². The van der Waals surface area contributed by atoms with E-state index in [9.17, 15) is 4.79 Å². The van der Waals surface area contributed by atoms with Crippen LogP contribution in [0.1, 0.15) is 40.7 Å². The summed E-state index contributed by atoms with van der Waals surface area (Å²) in [4.78, 5) is 11.9. The monoisotopic (exact) mass is 219 g/mol. The van der Waals surface area contributed by atoms with Crippen LogP contribution < -0.4 is 5.73 Å². The van der Waals surface area contributed by atoms with Gasteiger partial charge in [-0.15, -0.1) is 0 Å². The largest absolute Gasteiger partial charge is 0.459 e. The summed E-state index contributed by atoms with van der Waals surface area (Å²) < 4.78 is 5.35. The van der Waals surface area contributed by atoms with E-state index in [1.165, 1.54) is 0 Å². The highest BCUT2D eigenvalue weighted by atomic mass is 16.5. The molecular weight excluding hydrogens is 202 g/mol. The molecule has 0 aromatic heterocycles. The third-order valence-electron chi connectivity index (χ3n) is 3.16. The summed E-state index contributed by atoms with van der Waals surface area (Å²) in [5.41, 5.74) is 8.96. The molecule has 1 saturated carbocycles. The normalized spacial score (nSPS) is 15.6. The van der Waals surface area contributed by atoms with E-state index in [-0.39, 0.29) is 12.1 Å². The van der Waals surface area contributed by atoms with E-state index in [2.05, 4.69) is 0 Å². The van der Waals surface area contributed by atoms with Crippen molar-refractivity contribution in [3.05, 3.63) is 28.8 Å². The molecule has 2 rings (SSSR count). The van der Waals surface area contributed by atoms with E-state index in [1.54, 1.807) is 6.07 Å². The van der Waals surface area contributed by atoms with Gasteiger partial charge in [0.15, 0.2) is 0 Å². The molecule has 16 heavy (non-hydrogen) atoms. The molecule has 2 N–H and O–H groups in total. The van der Waals surface area contributed by atoms with E-state index >= 15 is 0 Å². The number of benzene rings is 1. The first-order chi connectivity index (χ1) is 7.58. The molecular formula is C13H17NO2. The standard InChI is InChI=1S/C13H17NO2/c1-8-6-9(2)12(14)7-11(8)13(15)16-10-4-3-5-10/h6-7,10H,3-5,14H2,1-2H3. The van der Waals surface area contributed by atoms with Gasteiger partial charge in [-0.1, -0.05) is 6.07 Å². The Kier molecular flexibility index (Phi) is 2.86. The van der Waals surface area contributed by atoms with E-state index in [1.807, 2.05) is 19.9 Å².